The van der Waals surface area contributed by atoms with Crippen molar-refractivity contribution in [1.29, 1.82) is 0 Å². The standard InChI is InChI=1S/C17H23N3O2/c1-14(2-7-17(22)19-10-13-21)15-3-5-16(6-4-15)20-11-8-18-9-12-20/h3-6,10,14,18H,2,7-9,11-12H2,1H3,(H,19,22). The van der Waals surface area contributed by atoms with Crippen LogP contribution in [0.1, 0.15) is 31.2 Å². The zero-order valence-corrected chi connectivity index (χ0v) is 13.0. The Hall–Kier alpha value is -2.10. The first-order valence-electron chi connectivity index (χ1n) is 7.75. The number of nitrogens with one attached hydrogen (secondary N) is 2. The molecule has 1 aliphatic rings. The highest BCUT2D eigenvalue weighted by atomic mass is 16.1. The van der Waals surface area contributed by atoms with Gasteiger partial charge in [0, 0.05) is 38.3 Å². The Labute approximate surface area is 131 Å². The molecule has 2 rings (SSSR count). The molecule has 1 atom stereocenters. The fourth-order valence-electron chi connectivity index (χ4n) is 2.63. The van der Waals surface area contributed by atoms with Gasteiger partial charge in [0.25, 0.3) is 0 Å². The monoisotopic (exact) mass is 301 g/mol. The molecule has 1 aromatic rings. The first-order valence-corrected chi connectivity index (χ1v) is 7.75. The largest absolute Gasteiger partial charge is 0.369 e. The summed E-state index contributed by atoms with van der Waals surface area (Å²) >= 11 is 0. The number of benzene rings is 1. The zero-order chi connectivity index (χ0) is 15.8. The van der Waals surface area contributed by atoms with E-state index in [1.165, 1.54) is 17.2 Å². The molecule has 1 unspecified atom stereocenters. The van der Waals surface area contributed by atoms with Crippen LogP contribution in [0.5, 0.6) is 0 Å². The molecular formula is C17H23N3O2. The number of amides is 1. The molecule has 1 fully saturated rings. The molecule has 22 heavy (non-hydrogen) atoms. The smallest absolute Gasteiger partial charge is 0.224 e. The Balaban J connectivity index is 1.86. The third-order valence-corrected chi connectivity index (χ3v) is 4.04. The molecule has 118 valence electrons. The number of anilines is 1. The molecule has 5 heteroatoms. The third-order valence-electron chi connectivity index (χ3n) is 4.04. The van der Waals surface area contributed by atoms with E-state index in [9.17, 15) is 9.59 Å². The van der Waals surface area contributed by atoms with Crippen molar-refractivity contribution < 1.29 is 9.59 Å². The number of rotatable bonds is 6. The van der Waals surface area contributed by atoms with Crippen LogP contribution in [0.3, 0.4) is 0 Å². The molecule has 0 radical (unpaired) electrons. The normalized spacial score (nSPS) is 15.8. The van der Waals surface area contributed by atoms with E-state index in [0.717, 1.165) is 38.8 Å². The van der Waals surface area contributed by atoms with Crippen molar-refractivity contribution in [3.05, 3.63) is 36.0 Å². The summed E-state index contributed by atoms with van der Waals surface area (Å²) in [5, 5.41) is 5.74. The van der Waals surface area contributed by atoms with Crippen LogP contribution in [-0.4, -0.2) is 38.0 Å². The number of hydrogen-bond donors (Lipinski definition) is 2. The van der Waals surface area contributed by atoms with Gasteiger partial charge in [0.2, 0.25) is 5.91 Å². The first-order chi connectivity index (χ1) is 10.7. The average Bonchev–Trinajstić information content (AvgIpc) is 2.58. The molecular weight excluding hydrogens is 278 g/mol. The van der Waals surface area contributed by atoms with Crippen molar-refractivity contribution in [2.24, 2.45) is 0 Å². The van der Waals surface area contributed by atoms with Crippen LogP contribution in [0, 0.1) is 0 Å². The molecule has 1 aliphatic heterocycles. The Morgan fingerprint density at radius 3 is 2.68 bits per heavy atom. The Morgan fingerprint density at radius 2 is 2.05 bits per heavy atom. The van der Waals surface area contributed by atoms with Crippen molar-refractivity contribution in [2.75, 3.05) is 31.1 Å². The van der Waals surface area contributed by atoms with Crippen molar-refractivity contribution in [3.63, 3.8) is 0 Å². The van der Waals surface area contributed by atoms with Crippen molar-refractivity contribution in [2.45, 2.75) is 25.7 Å². The van der Waals surface area contributed by atoms with Gasteiger partial charge in [-0.2, -0.15) is 0 Å². The lowest BCUT2D eigenvalue weighted by molar-refractivity contribution is -0.120. The summed E-state index contributed by atoms with van der Waals surface area (Å²) in [6.45, 7) is 6.26. The second-order valence-corrected chi connectivity index (χ2v) is 5.60. The molecule has 0 aliphatic carbocycles. The molecule has 0 saturated carbocycles. The van der Waals surface area contributed by atoms with Crippen LogP contribution in [0.2, 0.25) is 0 Å². The predicted octanol–water partition coefficient (Wildman–Crippen LogP) is 1.44. The minimum absolute atomic E-state index is 0.146. The second kappa shape index (κ2) is 8.37. The Kier molecular flexibility index (Phi) is 6.19. The maximum atomic E-state index is 11.5. The van der Waals surface area contributed by atoms with Gasteiger partial charge in [-0.05, 0) is 30.0 Å². The van der Waals surface area contributed by atoms with E-state index in [1.54, 1.807) is 0 Å². The summed E-state index contributed by atoms with van der Waals surface area (Å²) in [5.41, 5.74) is 2.49. The van der Waals surface area contributed by atoms with E-state index in [0.29, 0.717) is 12.3 Å². The van der Waals surface area contributed by atoms with Crippen LogP contribution in [0.25, 0.3) is 0 Å². The average molecular weight is 301 g/mol. The fourth-order valence-corrected chi connectivity index (χ4v) is 2.63. The lowest BCUT2D eigenvalue weighted by Gasteiger charge is -2.29. The molecule has 2 N–H and O–H groups in total. The SMILES string of the molecule is CC(CCC(=O)NC=C=O)c1ccc(N2CCNCC2)cc1. The van der Waals surface area contributed by atoms with E-state index >= 15 is 0 Å². The maximum Gasteiger partial charge on any atom is 0.224 e. The van der Waals surface area contributed by atoms with Crippen LogP contribution in [0.4, 0.5) is 5.69 Å². The van der Waals surface area contributed by atoms with Crippen molar-refractivity contribution in [3.8, 4) is 0 Å². The predicted molar refractivity (Wildman–Crippen MR) is 87.6 cm³/mol. The molecule has 5 nitrogen and oxygen atoms in total. The molecule has 1 aromatic carbocycles. The number of carbonyl (C=O) groups is 1. The highest BCUT2D eigenvalue weighted by Crippen LogP contribution is 2.24. The summed E-state index contributed by atoms with van der Waals surface area (Å²) < 4.78 is 0. The lowest BCUT2D eigenvalue weighted by Crippen LogP contribution is -2.43. The van der Waals surface area contributed by atoms with Gasteiger partial charge in [-0.1, -0.05) is 19.1 Å². The Bertz CT molecular complexity index is 529. The molecule has 1 amide bonds. The second-order valence-electron chi connectivity index (χ2n) is 5.60. The van der Waals surface area contributed by atoms with Crippen molar-refractivity contribution >= 4 is 17.5 Å². The quantitative estimate of drug-likeness (QED) is 0.781. The molecule has 1 heterocycles. The Morgan fingerprint density at radius 1 is 1.36 bits per heavy atom. The van der Waals surface area contributed by atoms with Gasteiger partial charge in [-0.3, -0.25) is 4.79 Å². The summed E-state index contributed by atoms with van der Waals surface area (Å²) in [5.74, 6) is 1.70. The number of hydrogen-bond acceptors (Lipinski definition) is 4. The van der Waals surface area contributed by atoms with E-state index in [-0.39, 0.29) is 5.91 Å². The van der Waals surface area contributed by atoms with Crippen LogP contribution in [-0.2, 0) is 9.59 Å². The molecule has 0 spiro atoms. The van der Waals surface area contributed by atoms with E-state index in [4.69, 9.17) is 0 Å². The minimum Gasteiger partial charge on any atom is -0.369 e. The minimum atomic E-state index is -0.146. The van der Waals surface area contributed by atoms with E-state index in [1.807, 2.05) is 0 Å². The van der Waals surface area contributed by atoms with Gasteiger partial charge in [0.05, 0.1) is 6.20 Å². The van der Waals surface area contributed by atoms with Gasteiger partial charge in [0.1, 0.15) is 5.94 Å². The molecule has 0 bridgehead atoms. The van der Waals surface area contributed by atoms with Crippen LogP contribution < -0.4 is 15.5 Å². The van der Waals surface area contributed by atoms with Gasteiger partial charge in [-0.25, -0.2) is 4.79 Å². The van der Waals surface area contributed by atoms with Gasteiger partial charge in [0.15, 0.2) is 0 Å². The topological polar surface area (TPSA) is 61.4 Å². The van der Waals surface area contributed by atoms with Crippen LogP contribution >= 0.6 is 0 Å². The molecule has 0 aromatic heterocycles. The third kappa shape index (κ3) is 4.72. The van der Waals surface area contributed by atoms with Gasteiger partial charge < -0.3 is 15.5 Å². The summed E-state index contributed by atoms with van der Waals surface area (Å²) in [6.07, 6.45) is 2.17. The van der Waals surface area contributed by atoms with E-state index in [2.05, 4.69) is 46.7 Å². The number of piperazine rings is 1. The zero-order valence-electron chi connectivity index (χ0n) is 13.0. The van der Waals surface area contributed by atoms with Gasteiger partial charge in [-0.15, -0.1) is 0 Å². The van der Waals surface area contributed by atoms with E-state index < -0.39 is 0 Å². The molecule has 1 saturated heterocycles. The summed E-state index contributed by atoms with van der Waals surface area (Å²) in [6, 6.07) is 8.61. The summed E-state index contributed by atoms with van der Waals surface area (Å²) in [4.78, 5) is 23.9. The highest BCUT2D eigenvalue weighted by molar-refractivity contribution is 5.78. The maximum absolute atomic E-state index is 11.5. The number of carbonyl (C=O) groups excluding carboxylic acids is 2. The van der Waals surface area contributed by atoms with Crippen LogP contribution in [0.15, 0.2) is 30.5 Å². The summed E-state index contributed by atoms with van der Waals surface area (Å²) in [7, 11) is 0. The fraction of sp³-hybridized carbons (Fsp3) is 0.471. The lowest BCUT2D eigenvalue weighted by atomic mass is 9.96. The van der Waals surface area contributed by atoms with Crippen molar-refractivity contribution in [1.82, 2.24) is 10.6 Å². The first kappa shape index (κ1) is 16.3. The highest BCUT2D eigenvalue weighted by Gasteiger charge is 2.12. The van der Waals surface area contributed by atoms with Gasteiger partial charge >= 0.3 is 0 Å². The number of nitrogens with zero attached hydrogens (tertiary/aromatic N) is 1.